The molecule has 164 valence electrons. The fraction of sp³-hybridized carbons (Fsp3) is 0.778. The zero-order valence-electron chi connectivity index (χ0n) is 16.3. The van der Waals surface area contributed by atoms with Gasteiger partial charge in [0.25, 0.3) is 10.1 Å². The Morgan fingerprint density at radius 2 is 1.39 bits per heavy atom. The molecule has 0 radical (unpaired) electrons. The van der Waals surface area contributed by atoms with Gasteiger partial charge in [0.15, 0.2) is 0 Å². The van der Waals surface area contributed by atoms with Gasteiger partial charge in [-0.05, 0) is 12.5 Å². The minimum absolute atomic E-state index is 0.285. The summed E-state index contributed by atoms with van der Waals surface area (Å²) in [5, 5.41) is 15.2. The highest BCUT2D eigenvalue weighted by molar-refractivity contribution is 7.87. The summed E-state index contributed by atoms with van der Waals surface area (Å²) < 4.78 is 31.0. The first-order valence-electron chi connectivity index (χ1n) is 9.58. The van der Waals surface area contributed by atoms with Gasteiger partial charge in [0.1, 0.15) is 6.61 Å². The molecule has 0 aromatic rings. The monoisotopic (exact) mass is 424 g/mol. The normalized spacial score (nSPS) is 13.4. The summed E-state index contributed by atoms with van der Waals surface area (Å²) in [4.78, 5) is 31.6. The van der Waals surface area contributed by atoms with Crippen molar-refractivity contribution >= 4 is 22.1 Å². The molecule has 1 atom stereocenters. The third-order valence-corrected chi connectivity index (χ3v) is 5.14. The molecule has 0 rings (SSSR count). The van der Waals surface area contributed by atoms with Crippen molar-refractivity contribution < 1.29 is 42.5 Å². The Kier molecular flexibility index (Phi) is 14.6. The molecule has 0 bridgehead atoms. The van der Waals surface area contributed by atoms with Crippen molar-refractivity contribution in [2.24, 2.45) is 0 Å². The SMILES string of the molecule is CCCCCCCCCCCCOOCC=C(C(=O)O)C(C(=O)O)S(=O)(=O)O. The third kappa shape index (κ3) is 12.8. The minimum Gasteiger partial charge on any atom is -0.480 e. The molecule has 0 aliphatic carbocycles. The third-order valence-electron chi connectivity index (χ3n) is 4.09. The first-order chi connectivity index (χ1) is 13.2. The quantitative estimate of drug-likeness (QED) is 0.0991. The zero-order chi connectivity index (χ0) is 21.4. The lowest BCUT2D eigenvalue weighted by Crippen LogP contribution is -2.35. The Morgan fingerprint density at radius 1 is 0.893 bits per heavy atom. The molecule has 0 aromatic carbocycles. The Morgan fingerprint density at radius 3 is 1.82 bits per heavy atom. The molecule has 0 aliphatic heterocycles. The molecular weight excluding hydrogens is 392 g/mol. The molecule has 0 aromatic heterocycles. The Balaban J connectivity index is 3.97. The molecule has 0 saturated carbocycles. The van der Waals surface area contributed by atoms with Crippen molar-refractivity contribution in [2.75, 3.05) is 13.2 Å². The van der Waals surface area contributed by atoms with Crippen LogP contribution in [-0.2, 0) is 29.5 Å². The summed E-state index contributed by atoms with van der Waals surface area (Å²) in [5.41, 5.74) is -1.02. The summed E-state index contributed by atoms with van der Waals surface area (Å²) in [6.45, 7) is 2.02. The second kappa shape index (κ2) is 15.4. The summed E-state index contributed by atoms with van der Waals surface area (Å²) >= 11 is 0. The van der Waals surface area contributed by atoms with E-state index in [1.807, 2.05) is 0 Å². The molecule has 0 heterocycles. The topological polar surface area (TPSA) is 147 Å². The van der Waals surface area contributed by atoms with E-state index in [9.17, 15) is 18.0 Å². The highest BCUT2D eigenvalue weighted by atomic mass is 32.2. The maximum Gasteiger partial charge on any atom is 0.333 e. The van der Waals surface area contributed by atoms with Gasteiger partial charge < -0.3 is 10.2 Å². The molecule has 10 heteroatoms. The van der Waals surface area contributed by atoms with E-state index in [-0.39, 0.29) is 6.61 Å². The Bertz CT molecular complexity index is 584. The summed E-state index contributed by atoms with van der Waals surface area (Å²) in [6.07, 6.45) is 12.4. The van der Waals surface area contributed by atoms with Gasteiger partial charge in [-0.1, -0.05) is 64.7 Å². The predicted molar refractivity (Wildman–Crippen MR) is 102 cm³/mol. The molecule has 1 unspecified atom stereocenters. The van der Waals surface area contributed by atoms with Crippen molar-refractivity contribution in [3.63, 3.8) is 0 Å². The molecule has 0 fully saturated rings. The highest BCUT2D eigenvalue weighted by Crippen LogP contribution is 2.13. The Hall–Kier alpha value is -1.49. The maximum atomic E-state index is 11.1. The second-order valence-corrected chi connectivity index (χ2v) is 7.99. The van der Waals surface area contributed by atoms with E-state index < -0.39 is 39.5 Å². The van der Waals surface area contributed by atoms with Crippen LogP contribution in [0.4, 0.5) is 0 Å². The number of carboxylic acids is 2. The molecule has 0 aliphatic rings. The lowest BCUT2D eigenvalue weighted by Gasteiger charge is -2.10. The van der Waals surface area contributed by atoms with Crippen molar-refractivity contribution in [1.82, 2.24) is 0 Å². The van der Waals surface area contributed by atoms with Crippen LogP contribution in [0.5, 0.6) is 0 Å². The van der Waals surface area contributed by atoms with Crippen LogP contribution in [0.15, 0.2) is 11.6 Å². The second-order valence-electron chi connectivity index (χ2n) is 6.49. The van der Waals surface area contributed by atoms with Gasteiger partial charge in [-0.15, -0.1) is 0 Å². The van der Waals surface area contributed by atoms with Gasteiger partial charge in [-0.3, -0.25) is 9.35 Å². The average molecular weight is 425 g/mol. The Labute approximate surface area is 166 Å². The van der Waals surface area contributed by atoms with E-state index in [0.717, 1.165) is 25.3 Å². The van der Waals surface area contributed by atoms with E-state index in [0.29, 0.717) is 0 Å². The van der Waals surface area contributed by atoms with Crippen LogP contribution < -0.4 is 0 Å². The molecule has 0 spiro atoms. The smallest absolute Gasteiger partial charge is 0.333 e. The van der Waals surface area contributed by atoms with E-state index in [1.165, 1.54) is 44.9 Å². The largest absolute Gasteiger partial charge is 0.480 e. The fourth-order valence-corrected chi connectivity index (χ4v) is 3.38. The van der Waals surface area contributed by atoms with Crippen molar-refractivity contribution in [1.29, 1.82) is 0 Å². The number of hydrogen-bond donors (Lipinski definition) is 3. The van der Waals surface area contributed by atoms with Crippen LogP contribution in [0.1, 0.15) is 71.1 Å². The van der Waals surface area contributed by atoms with Crippen LogP contribution in [0.2, 0.25) is 0 Å². The van der Waals surface area contributed by atoms with Crippen LogP contribution in [0, 0.1) is 0 Å². The van der Waals surface area contributed by atoms with Gasteiger partial charge in [-0.25, -0.2) is 14.6 Å². The van der Waals surface area contributed by atoms with Crippen LogP contribution >= 0.6 is 0 Å². The first-order valence-corrected chi connectivity index (χ1v) is 11.1. The van der Waals surface area contributed by atoms with E-state index in [4.69, 9.17) is 24.5 Å². The highest BCUT2D eigenvalue weighted by Gasteiger charge is 2.38. The minimum atomic E-state index is -5.12. The number of carboxylic acid groups (broad SMARTS) is 2. The van der Waals surface area contributed by atoms with E-state index in [2.05, 4.69) is 6.92 Å². The van der Waals surface area contributed by atoms with Crippen molar-refractivity contribution in [2.45, 2.75) is 76.4 Å². The lowest BCUT2D eigenvalue weighted by atomic mass is 10.1. The lowest BCUT2D eigenvalue weighted by molar-refractivity contribution is -0.286. The molecule has 0 amide bonds. The maximum absolute atomic E-state index is 11.1. The van der Waals surface area contributed by atoms with Crippen molar-refractivity contribution in [3.8, 4) is 0 Å². The molecular formula is C18H32O9S. The summed E-state index contributed by atoms with van der Waals surface area (Å²) in [7, 11) is -5.12. The molecule has 3 N–H and O–H groups in total. The summed E-state index contributed by atoms with van der Waals surface area (Å²) in [6, 6.07) is 0. The first kappa shape index (κ1) is 26.5. The molecule has 28 heavy (non-hydrogen) atoms. The van der Waals surface area contributed by atoms with E-state index >= 15 is 0 Å². The molecule has 0 saturated heterocycles. The predicted octanol–water partition coefficient (Wildman–Crippen LogP) is 3.21. The van der Waals surface area contributed by atoms with Crippen LogP contribution in [0.25, 0.3) is 0 Å². The van der Waals surface area contributed by atoms with Gasteiger partial charge in [0.2, 0.25) is 5.25 Å². The number of rotatable bonds is 18. The van der Waals surface area contributed by atoms with Gasteiger partial charge in [-0.2, -0.15) is 8.42 Å². The zero-order valence-corrected chi connectivity index (χ0v) is 17.2. The van der Waals surface area contributed by atoms with Gasteiger partial charge in [0, 0.05) is 0 Å². The summed E-state index contributed by atoms with van der Waals surface area (Å²) in [5.74, 6) is -3.79. The van der Waals surface area contributed by atoms with Crippen LogP contribution in [-0.4, -0.2) is 53.6 Å². The number of unbranched alkanes of at least 4 members (excludes halogenated alkanes) is 9. The van der Waals surface area contributed by atoms with Gasteiger partial charge in [0.05, 0.1) is 12.2 Å². The van der Waals surface area contributed by atoms with Crippen molar-refractivity contribution in [3.05, 3.63) is 11.6 Å². The van der Waals surface area contributed by atoms with Crippen LogP contribution in [0.3, 0.4) is 0 Å². The standard InChI is InChI=1S/C18H32O9S/c1-2-3-4-5-6-7-8-9-10-11-13-26-27-14-12-15(17(19)20)16(18(21)22)28(23,24)25/h12,16H,2-11,13-14H2,1H3,(H,19,20)(H,21,22)(H,23,24,25). The number of aliphatic carboxylic acids is 2. The number of hydrogen-bond acceptors (Lipinski definition) is 6. The number of carbonyl (C=O) groups is 2. The fourth-order valence-electron chi connectivity index (χ4n) is 2.61. The molecule has 9 nitrogen and oxygen atoms in total. The van der Waals surface area contributed by atoms with E-state index in [1.54, 1.807) is 0 Å². The average Bonchev–Trinajstić information content (AvgIpc) is 2.59. The van der Waals surface area contributed by atoms with Gasteiger partial charge >= 0.3 is 11.9 Å².